The van der Waals surface area contributed by atoms with Gasteiger partial charge in [0.25, 0.3) is 0 Å². The lowest BCUT2D eigenvalue weighted by molar-refractivity contribution is -0.231. The number of aromatic nitrogens is 4. The Kier molecular flexibility index (Phi) is 8.96. The van der Waals surface area contributed by atoms with Crippen molar-refractivity contribution in [3.05, 3.63) is 54.4 Å². The number of nitrogens with zero attached hydrogens (tertiary/aromatic N) is 6. The van der Waals surface area contributed by atoms with E-state index < -0.39 is 23.7 Å². The molecule has 0 spiro atoms. The second kappa shape index (κ2) is 13.0. The van der Waals surface area contributed by atoms with Crippen molar-refractivity contribution in [3.63, 3.8) is 0 Å². The molecule has 3 aromatic rings. The lowest BCUT2D eigenvalue weighted by Gasteiger charge is -2.47. The molecule has 4 unspecified atom stereocenters. The summed E-state index contributed by atoms with van der Waals surface area (Å²) in [5.41, 5.74) is 1.13. The Morgan fingerprint density at radius 3 is 2.74 bits per heavy atom. The first-order chi connectivity index (χ1) is 21.0. The Labute approximate surface area is 249 Å². The van der Waals surface area contributed by atoms with Gasteiger partial charge in [-0.1, -0.05) is 6.92 Å². The van der Waals surface area contributed by atoms with Gasteiger partial charge in [0.15, 0.2) is 0 Å². The zero-order valence-corrected chi connectivity index (χ0v) is 24.3. The molecule has 2 aromatic heterocycles. The van der Waals surface area contributed by atoms with Crippen molar-refractivity contribution in [3.8, 4) is 17.1 Å². The van der Waals surface area contributed by atoms with Gasteiger partial charge in [0.2, 0.25) is 12.4 Å². The number of hydrogen-bond donors (Lipinski definition) is 2. The Balaban J connectivity index is 1.32. The third-order valence-corrected chi connectivity index (χ3v) is 8.61. The number of carbonyl (C=O) groups excluding carboxylic acids is 1. The largest absolute Gasteiger partial charge is 0.391 e. The Bertz CT molecular complexity index is 1390. The van der Waals surface area contributed by atoms with Gasteiger partial charge in [0, 0.05) is 43.5 Å². The molecule has 5 heterocycles. The molecular weight excluding hydrogens is 557 g/mol. The maximum Gasteiger partial charge on any atom is 0.223 e. The van der Waals surface area contributed by atoms with Gasteiger partial charge >= 0.3 is 0 Å². The van der Waals surface area contributed by atoms with Crippen molar-refractivity contribution in [2.24, 2.45) is 5.41 Å². The molecule has 43 heavy (non-hydrogen) atoms. The Hall–Kier alpha value is -3.49. The van der Waals surface area contributed by atoms with E-state index in [4.69, 9.17) is 24.2 Å². The molecule has 0 aliphatic carbocycles. The van der Waals surface area contributed by atoms with Crippen molar-refractivity contribution >= 4 is 12.4 Å². The van der Waals surface area contributed by atoms with Gasteiger partial charge in [-0.25, -0.2) is 19.3 Å². The monoisotopic (exact) mass is 595 g/mol. The number of hydrogen-bond acceptors (Lipinski definition) is 10. The highest BCUT2D eigenvalue weighted by molar-refractivity contribution is 5.60. The van der Waals surface area contributed by atoms with E-state index in [0.717, 1.165) is 45.7 Å². The number of aliphatic hydroxyl groups is 1. The van der Waals surface area contributed by atoms with E-state index in [0.29, 0.717) is 48.4 Å². The molecule has 3 saturated heterocycles. The van der Waals surface area contributed by atoms with E-state index in [1.807, 2.05) is 11.5 Å². The number of benzene rings is 1. The maximum absolute atomic E-state index is 14.0. The second-order valence-electron chi connectivity index (χ2n) is 11.5. The van der Waals surface area contributed by atoms with Crippen LogP contribution >= 0.6 is 0 Å². The third kappa shape index (κ3) is 6.13. The minimum Gasteiger partial charge on any atom is -0.391 e. The number of morpholine rings is 1. The van der Waals surface area contributed by atoms with Crippen molar-refractivity contribution in [2.75, 3.05) is 64.7 Å². The normalized spacial score (nSPS) is 26.5. The highest BCUT2D eigenvalue weighted by Gasteiger charge is 2.54. The van der Waals surface area contributed by atoms with Gasteiger partial charge in [-0.05, 0) is 49.7 Å². The number of amides is 1. The number of imidazole rings is 1. The van der Waals surface area contributed by atoms with E-state index in [9.17, 15) is 14.3 Å². The lowest BCUT2D eigenvalue weighted by atomic mass is 9.74. The van der Waals surface area contributed by atoms with Crippen LogP contribution in [-0.2, 0) is 19.0 Å². The van der Waals surface area contributed by atoms with Crippen LogP contribution in [0.4, 0.5) is 10.3 Å². The average Bonchev–Trinajstić information content (AvgIpc) is 3.64. The maximum atomic E-state index is 14.0. The van der Waals surface area contributed by atoms with E-state index in [-0.39, 0.29) is 19.2 Å². The molecule has 0 radical (unpaired) electrons. The summed E-state index contributed by atoms with van der Waals surface area (Å²) in [5.74, 6) is 0.673. The number of anilines is 1. The number of halogens is 1. The average molecular weight is 596 g/mol. The molecule has 3 fully saturated rings. The van der Waals surface area contributed by atoms with Gasteiger partial charge in [0.1, 0.15) is 24.5 Å². The van der Waals surface area contributed by atoms with Crippen LogP contribution in [0.25, 0.3) is 17.1 Å². The summed E-state index contributed by atoms with van der Waals surface area (Å²) in [6.07, 6.45) is 4.19. The van der Waals surface area contributed by atoms with Crippen LogP contribution in [0.3, 0.4) is 0 Å². The fourth-order valence-corrected chi connectivity index (χ4v) is 6.50. The van der Waals surface area contributed by atoms with Crippen LogP contribution in [0, 0.1) is 11.2 Å². The minimum atomic E-state index is -0.825. The van der Waals surface area contributed by atoms with Gasteiger partial charge in [-0.15, -0.1) is 0 Å². The van der Waals surface area contributed by atoms with E-state index in [1.165, 1.54) is 12.1 Å². The number of carbonyl (C=O) groups is 1. The molecule has 2 N–H and O–H groups in total. The molecule has 1 aromatic carbocycles. The number of rotatable bonds is 10. The summed E-state index contributed by atoms with van der Waals surface area (Å²) in [6, 6.07) is 7.40. The van der Waals surface area contributed by atoms with Crippen LogP contribution in [0.5, 0.6) is 0 Å². The van der Waals surface area contributed by atoms with Crippen molar-refractivity contribution < 1.29 is 28.5 Å². The Morgan fingerprint density at radius 2 is 1.95 bits per heavy atom. The van der Waals surface area contributed by atoms with Crippen LogP contribution in [0.1, 0.15) is 31.7 Å². The molecule has 230 valence electrons. The molecule has 12 nitrogen and oxygen atoms in total. The molecular formula is C30H38FN7O5. The van der Waals surface area contributed by atoms with Crippen molar-refractivity contribution in [2.45, 2.75) is 38.0 Å². The zero-order chi connectivity index (χ0) is 29.8. The second-order valence-corrected chi connectivity index (χ2v) is 11.5. The highest BCUT2D eigenvalue weighted by atomic mass is 19.1. The van der Waals surface area contributed by atoms with E-state index in [1.54, 1.807) is 35.5 Å². The molecule has 0 saturated carbocycles. The first-order valence-electron chi connectivity index (χ1n) is 14.8. The number of likely N-dealkylation sites (tertiary alicyclic amines) is 1. The van der Waals surface area contributed by atoms with Crippen LogP contribution in [0.2, 0.25) is 0 Å². The minimum absolute atomic E-state index is 0.0296. The van der Waals surface area contributed by atoms with Gasteiger partial charge in [-0.3, -0.25) is 14.3 Å². The lowest BCUT2D eigenvalue weighted by Crippen LogP contribution is -2.55. The molecule has 4 atom stereocenters. The molecule has 6 rings (SSSR count). The molecule has 0 bridgehead atoms. The molecule has 13 heteroatoms. The molecule has 1 amide bonds. The van der Waals surface area contributed by atoms with E-state index >= 15 is 0 Å². The predicted molar refractivity (Wildman–Crippen MR) is 155 cm³/mol. The van der Waals surface area contributed by atoms with Gasteiger partial charge < -0.3 is 29.5 Å². The summed E-state index contributed by atoms with van der Waals surface area (Å²) in [6.45, 7) is 7.80. The fourth-order valence-electron chi connectivity index (χ4n) is 6.50. The summed E-state index contributed by atoms with van der Waals surface area (Å²) < 4.78 is 33.3. The topological polar surface area (TPSA) is 127 Å². The Morgan fingerprint density at radius 1 is 1.14 bits per heavy atom. The van der Waals surface area contributed by atoms with E-state index in [2.05, 4.69) is 15.2 Å². The zero-order valence-electron chi connectivity index (χ0n) is 24.3. The van der Waals surface area contributed by atoms with Crippen molar-refractivity contribution in [1.29, 1.82) is 0 Å². The fraction of sp³-hybridized carbons (Fsp3) is 0.533. The number of nitrogens with one attached hydrogen (secondary N) is 1. The summed E-state index contributed by atoms with van der Waals surface area (Å²) in [5, 5.41) is 14.3. The third-order valence-electron chi connectivity index (χ3n) is 8.61. The standard InChI is InChI=1S/C30H38FN7O5/c1-30(26-25(40)8-12-37(26)19-39)18-42-20-43-27(30)28-34-17-24(38(28)22-5-3-21(31)4-6-22)23-7-10-33-29(35-23)32-9-2-11-36-13-15-41-16-14-36/h3-7,10,17,19,25-27,40H,2,8-9,11-16,18,20H2,1H3,(H,32,33,35). The van der Waals surface area contributed by atoms with Gasteiger partial charge in [-0.2, -0.15) is 0 Å². The molecule has 3 aliphatic heterocycles. The quantitative estimate of drug-likeness (QED) is 0.266. The summed E-state index contributed by atoms with van der Waals surface area (Å²) in [7, 11) is 0. The number of ether oxygens (including phenoxy) is 3. The first kappa shape index (κ1) is 29.6. The first-order valence-corrected chi connectivity index (χ1v) is 14.8. The van der Waals surface area contributed by atoms with Gasteiger partial charge in [0.05, 0.1) is 49.6 Å². The number of aliphatic hydroxyl groups excluding tert-OH is 1. The highest BCUT2D eigenvalue weighted by Crippen LogP contribution is 2.48. The summed E-state index contributed by atoms with van der Waals surface area (Å²) in [4.78, 5) is 30.0. The SMILES string of the molecule is CC1(C2C(O)CCN2C=O)COCOC1c1ncc(-c2ccnc(NCCCN3CCOCC3)n2)n1-c1ccc(F)cc1. The molecule has 3 aliphatic rings. The van der Waals surface area contributed by atoms with Crippen LogP contribution in [0.15, 0.2) is 42.7 Å². The summed E-state index contributed by atoms with van der Waals surface area (Å²) >= 11 is 0. The smallest absolute Gasteiger partial charge is 0.223 e. The van der Waals surface area contributed by atoms with Crippen LogP contribution in [-0.4, -0.2) is 112 Å². The van der Waals surface area contributed by atoms with Crippen molar-refractivity contribution in [1.82, 2.24) is 29.3 Å². The predicted octanol–water partition coefficient (Wildman–Crippen LogP) is 2.25. The van der Waals surface area contributed by atoms with Crippen LogP contribution < -0.4 is 5.32 Å².